The lowest BCUT2D eigenvalue weighted by molar-refractivity contribution is 0.0945. The first kappa shape index (κ1) is 11.1. The molecule has 0 saturated heterocycles. The highest BCUT2D eigenvalue weighted by Gasteiger charge is 2.07. The molecule has 0 aliphatic rings. The van der Waals surface area contributed by atoms with Gasteiger partial charge in [-0.3, -0.25) is 14.9 Å². The first-order chi connectivity index (χ1) is 8.29. The number of hydrogen-bond donors (Lipinski definition) is 3. The maximum atomic E-state index is 11.7. The van der Waals surface area contributed by atoms with E-state index in [9.17, 15) is 4.79 Å². The summed E-state index contributed by atoms with van der Waals surface area (Å²) in [4.78, 5) is 19.6. The fourth-order valence-corrected chi connectivity index (χ4v) is 1.28. The SMILES string of the molecule is CNc1ccnc(C(=O)NCc2ncn[nH]2)c1. The monoisotopic (exact) mass is 232 g/mol. The Morgan fingerprint density at radius 2 is 2.35 bits per heavy atom. The van der Waals surface area contributed by atoms with Gasteiger partial charge in [0.2, 0.25) is 0 Å². The Balaban J connectivity index is 1.99. The number of nitrogens with zero attached hydrogens (tertiary/aromatic N) is 3. The van der Waals surface area contributed by atoms with Gasteiger partial charge in [0.1, 0.15) is 17.8 Å². The third kappa shape index (κ3) is 2.77. The largest absolute Gasteiger partial charge is 0.388 e. The van der Waals surface area contributed by atoms with Gasteiger partial charge in [0, 0.05) is 18.9 Å². The second-order valence-corrected chi connectivity index (χ2v) is 3.29. The predicted molar refractivity (Wildman–Crippen MR) is 61.3 cm³/mol. The standard InChI is InChI=1S/C10H12N6O/c1-11-7-2-3-12-8(4-7)10(17)13-5-9-14-6-15-16-9/h2-4,6H,5H2,1H3,(H,11,12)(H,13,17)(H,14,15,16). The van der Waals surface area contributed by atoms with Crippen LogP contribution in [0.15, 0.2) is 24.7 Å². The summed E-state index contributed by atoms with van der Waals surface area (Å²) in [5.74, 6) is 0.349. The van der Waals surface area contributed by atoms with Crippen molar-refractivity contribution in [2.24, 2.45) is 0 Å². The molecule has 0 atom stereocenters. The number of pyridine rings is 1. The van der Waals surface area contributed by atoms with Crippen LogP contribution in [0.2, 0.25) is 0 Å². The average molecular weight is 232 g/mol. The lowest BCUT2D eigenvalue weighted by Gasteiger charge is -2.04. The van der Waals surface area contributed by atoms with Gasteiger partial charge in [-0.2, -0.15) is 5.10 Å². The zero-order chi connectivity index (χ0) is 12.1. The molecule has 0 spiro atoms. The second kappa shape index (κ2) is 5.06. The van der Waals surface area contributed by atoms with E-state index in [1.165, 1.54) is 6.33 Å². The number of hydrogen-bond acceptors (Lipinski definition) is 5. The fraction of sp³-hybridized carbons (Fsp3) is 0.200. The first-order valence-corrected chi connectivity index (χ1v) is 5.06. The van der Waals surface area contributed by atoms with Crippen LogP contribution in [0, 0.1) is 0 Å². The van der Waals surface area contributed by atoms with Gasteiger partial charge in [-0.25, -0.2) is 4.98 Å². The van der Waals surface area contributed by atoms with Crippen molar-refractivity contribution in [2.75, 3.05) is 12.4 Å². The summed E-state index contributed by atoms with van der Waals surface area (Å²) in [5.41, 5.74) is 1.20. The molecule has 0 aliphatic heterocycles. The van der Waals surface area contributed by atoms with Crippen LogP contribution in [0.5, 0.6) is 0 Å². The van der Waals surface area contributed by atoms with Crippen molar-refractivity contribution in [3.63, 3.8) is 0 Å². The summed E-state index contributed by atoms with van der Waals surface area (Å²) in [7, 11) is 1.78. The van der Waals surface area contributed by atoms with Gasteiger partial charge < -0.3 is 10.6 Å². The van der Waals surface area contributed by atoms with Crippen LogP contribution in [-0.2, 0) is 6.54 Å². The normalized spacial score (nSPS) is 9.94. The number of anilines is 1. The molecule has 7 nitrogen and oxygen atoms in total. The summed E-state index contributed by atoms with van der Waals surface area (Å²) >= 11 is 0. The number of rotatable bonds is 4. The van der Waals surface area contributed by atoms with Crippen molar-refractivity contribution >= 4 is 11.6 Å². The van der Waals surface area contributed by atoms with E-state index in [0.717, 1.165) is 5.69 Å². The summed E-state index contributed by atoms with van der Waals surface area (Å²) in [6.45, 7) is 0.296. The molecular formula is C10H12N6O. The molecule has 0 fully saturated rings. The molecule has 0 aromatic carbocycles. The number of carbonyl (C=O) groups is 1. The third-order valence-corrected chi connectivity index (χ3v) is 2.16. The summed E-state index contributed by atoms with van der Waals surface area (Å²) < 4.78 is 0. The zero-order valence-corrected chi connectivity index (χ0v) is 9.27. The summed E-state index contributed by atoms with van der Waals surface area (Å²) in [6, 6.07) is 3.46. The minimum atomic E-state index is -0.251. The van der Waals surface area contributed by atoms with Crippen LogP contribution in [0.3, 0.4) is 0 Å². The zero-order valence-electron chi connectivity index (χ0n) is 9.27. The van der Waals surface area contributed by atoms with Gasteiger partial charge >= 0.3 is 0 Å². The highest BCUT2D eigenvalue weighted by Crippen LogP contribution is 2.06. The van der Waals surface area contributed by atoms with Crippen molar-refractivity contribution in [3.8, 4) is 0 Å². The topological polar surface area (TPSA) is 95.6 Å². The van der Waals surface area contributed by atoms with E-state index in [-0.39, 0.29) is 5.91 Å². The van der Waals surface area contributed by atoms with Crippen molar-refractivity contribution in [3.05, 3.63) is 36.2 Å². The Bertz CT molecular complexity index is 495. The van der Waals surface area contributed by atoms with E-state index in [2.05, 4.69) is 30.8 Å². The molecule has 2 aromatic heterocycles. The molecule has 7 heteroatoms. The number of amides is 1. The van der Waals surface area contributed by atoms with Gasteiger partial charge in [0.15, 0.2) is 0 Å². The van der Waals surface area contributed by atoms with Crippen LogP contribution >= 0.6 is 0 Å². The van der Waals surface area contributed by atoms with Gasteiger partial charge in [-0.05, 0) is 12.1 Å². The van der Waals surface area contributed by atoms with Crippen LogP contribution in [0.1, 0.15) is 16.3 Å². The van der Waals surface area contributed by atoms with Crippen molar-refractivity contribution < 1.29 is 4.79 Å². The van der Waals surface area contributed by atoms with Crippen molar-refractivity contribution in [2.45, 2.75) is 6.54 Å². The number of nitrogens with one attached hydrogen (secondary N) is 3. The molecule has 1 amide bonds. The highest BCUT2D eigenvalue weighted by atomic mass is 16.1. The number of H-pyrrole nitrogens is 1. The molecule has 0 radical (unpaired) electrons. The quantitative estimate of drug-likeness (QED) is 0.698. The molecule has 17 heavy (non-hydrogen) atoms. The smallest absolute Gasteiger partial charge is 0.270 e. The predicted octanol–water partition coefficient (Wildman–Crippen LogP) is 0.171. The summed E-state index contributed by atoms with van der Waals surface area (Å²) in [6.07, 6.45) is 2.97. The molecule has 2 aromatic rings. The number of carbonyl (C=O) groups excluding carboxylic acids is 1. The molecule has 0 unspecified atom stereocenters. The van der Waals surface area contributed by atoms with Gasteiger partial charge in [-0.15, -0.1) is 0 Å². The molecule has 88 valence electrons. The van der Waals surface area contributed by atoms with Crippen molar-refractivity contribution in [1.29, 1.82) is 0 Å². The molecule has 2 rings (SSSR count). The van der Waals surface area contributed by atoms with E-state index in [1.54, 1.807) is 25.4 Å². The average Bonchev–Trinajstić information content (AvgIpc) is 2.89. The van der Waals surface area contributed by atoms with E-state index in [0.29, 0.717) is 18.1 Å². The van der Waals surface area contributed by atoms with E-state index < -0.39 is 0 Å². The Hall–Kier alpha value is -2.44. The molecule has 3 N–H and O–H groups in total. The second-order valence-electron chi connectivity index (χ2n) is 3.29. The summed E-state index contributed by atoms with van der Waals surface area (Å²) in [5, 5.41) is 12.0. The van der Waals surface area contributed by atoms with Crippen LogP contribution in [-0.4, -0.2) is 33.1 Å². The number of aromatic amines is 1. The van der Waals surface area contributed by atoms with Gasteiger partial charge in [0.05, 0.1) is 6.54 Å². The Labute approximate surface area is 97.7 Å². The fourth-order valence-electron chi connectivity index (χ4n) is 1.28. The lowest BCUT2D eigenvalue weighted by atomic mass is 10.3. The lowest BCUT2D eigenvalue weighted by Crippen LogP contribution is -2.24. The maximum absolute atomic E-state index is 11.7. The van der Waals surface area contributed by atoms with Crippen LogP contribution in [0.4, 0.5) is 5.69 Å². The van der Waals surface area contributed by atoms with E-state index in [1.807, 2.05) is 0 Å². The van der Waals surface area contributed by atoms with Gasteiger partial charge in [-0.1, -0.05) is 0 Å². The van der Waals surface area contributed by atoms with Gasteiger partial charge in [0.25, 0.3) is 5.91 Å². The minimum absolute atomic E-state index is 0.251. The highest BCUT2D eigenvalue weighted by molar-refractivity contribution is 5.92. The van der Waals surface area contributed by atoms with E-state index >= 15 is 0 Å². The first-order valence-electron chi connectivity index (χ1n) is 5.06. The van der Waals surface area contributed by atoms with E-state index in [4.69, 9.17) is 0 Å². The Kier molecular flexibility index (Phi) is 3.29. The molecule has 0 saturated carbocycles. The molecule has 0 aliphatic carbocycles. The molecule has 0 bridgehead atoms. The number of aromatic nitrogens is 4. The van der Waals surface area contributed by atoms with Crippen LogP contribution < -0.4 is 10.6 Å². The Morgan fingerprint density at radius 3 is 3.06 bits per heavy atom. The minimum Gasteiger partial charge on any atom is -0.388 e. The van der Waals surface area contributed by atoms with Crippen molar-refractivity contribution in [1.82, 2.24) is 25.5 Å². The molecule has 2 heterocycles. The third-order valence-electron chi connectivity index (χ3n) is 2.16. The molecular weight excluding hydrogens is 220 g/mol. The Morgan fingerprint density at radius 1 is 1.47 bits per heavy atom. The van der Waals surface area contributed by atoms with Crippen LogP contribution in [0.25, 0.3) is 0 Å². The maximum Gasteiger partial charge on any atom is 0.270 e.